The van der Waals surface area contributed by atoms with Crippen LogP contribution in [0.25, 0.3) is 11.5 Å². The quantitative estimate of drug-likeness (QED) is 0.577. The maximum atomic E-state index is 12.8. The molecule has 0 N–H and O–H groups in total. The molecule has 0 aliphatic heterocycles. The number of ether oxygens (including phenoxy) is 1. The Labute approximate surface area is 162 Å². The lowest BCUT2D eigenvalue weighted by Crippen LogP contribution is -2.28. The second-order valence-electron chi connectivity index (χ2n) is 6.37. The number of hydrogen-bond donors (Lipinski definition) is 0. The smallest absolute Gasteiger partial charge is 0.306 e. The highest BCUT2D eigenvalue weighted by molar-refractivity contribution is 5.93. The van der Waals surface area contributed by atoms with Gasteiger partial charge in [-0.1, -0.05) is 28.5 Å². The lowest BCUT2D eigenvalue weighted by molar-refractivity contribution is -0.141. The van der Waals surface area contributed by atoms with Crippen LogP contribution in [0.3, 0.4) is 0 Å². The first-order valence-corrected chi connectivity index (χ1v) is 8.77. The van der Waals surface area contributed by atoms with Crippen LogP contribution < -0.4 is 4.90 Å². The third-order valence-corrected chi connectivity index (χ3v) is 4.59. The number of aromatic nitrogens is 2. The molecule has 3 rings (SSSR count). The minimum Gasteiger partial charge on any atom is -0.469 e. The van der Waals surface area contributed by atoms with Crippen molar-refractivity contribution < 1.29 is 23.4 Å². The largest absolute Gasteiger partial charge is 0.469 e. The number of hydrogen-bond acceptors (Lipinski definition) is 7. The van der Waals surface area contributed by atoms with Crippen molar-refractivity contribution >= 4 is 17.6 Å². The minimum absolute atomic E-state index is 0.00802. The Morgan fingerprint density at radius 2 is 1.89 bits per heavy atom. The van der Waals surface area contributed by atoms with E-state index in [0.29, 0.717) is 22.8 Å². The Kier molecular flexibility index (Phi) is 5.88. The van der Waals surface area contributed by atoms with Crippen LogP contribution in [-0.2, 0) is 14.3 Å². The van der Waals surface area contributed by atoms with Gasteiger partial charge in [0, 0.05) is 36.7 Å². The van der Waals surface area contributed by atoms with Crippen LogP contribution >= 0.6 is 0 Å². The highest BCUT2D eigenvalue weighted by Crippen LogP contribution is 2.33. The molecule has 0 spiro atoms. The molecule has 0 aliphatic rings. The second kappa shape index (κ2) is 8.51. The number of nitrogens with zero attached hydrogens (tertiary/aromatic N) is 3. The molecule has 8 nitrogen and oxygen atoms in total. The van der Waals surface area contributed by atoms with Crippen molar-refractivity contribution in [1.82, 2.24) is 10.3 Å². The molecule has 1 aromatic carbocycles. The summed E-state index contributed by atoms with van der Waals surface area (Å²) in [5.41, 5.74) is 1.98. The van der Waals surface area contributed by atoms with Gasteiger partial charge in [0.1, 0.15) is 0 Å². The fraction of sp³-hybridized carbons (Fsp3) is 0.300. The van der Waals surface area contributed by atoms with E-state index in [1.54, 1.807) is 24.9 Å². The summed E-state index contributed by atoms with van der Waals surface area (Å²) in [5, 5.41) is 7.77. The van der Waals surface area contributed by atoms with Crippen molar-refractivity contribution in [2.24, 2.45) is 0 Å². The summed E-state index contributed by atoms with van der Waals surface area (Å²) in [6.07, 6.45) is 1.58. The number of anilines is 1. The topological polar surface area (TPSA) is 98.7 Å². The second-order valence-corrected chi connectivity index (χ2v) is 6.37. The molecule has 3 aromatic rings. The molecule has 146 valence electrons. The van der Waals surface area contributed by atoms with Crippen molar-refractivity contribution in [3.63, 3.8) is 0 Å². The van der Waals surface area contributed by atoms with Crippen molar-refractivity contribution in [3.05, 3.63) is 53.9 Å². The van der Waals surface area contributed by atoms with E-state index in [4.69, 9.17) is 13.8 Å². The van der Waals surface area contributed by atoms with Crippen LogP contribution in [0.5, 0.6) is 0 Å². The summed E-state index contributed by atoms with van der Waals surface area (Å²) in [6, 6.07) is 10.9. The highest BCUT2D eigenvalue weighted by atomic mass is 16.5. The van der Waals surface area contributed by atoms with Gasteiger partial charge in [0.05, 0.1) is 25.4 Å². The summed E-state index contributed by atoms with van der Waals surface area (Å²) >= 11 is 0. The normalized spacial score (nSPS) is 11.8. The average Bonchev–Trinajstić information content (AvgIpc) is 3.36. The molecular weight excluding hydrogens is 362 g/mol. The fourth-order valence-electron chi connectivity index (χ4n) is 2.98. The molecule has 2 aromatic heterocycles. The Bertz CT molecular complexity index is 934. The van der Waals surface area contributed by atoms with E-state index in [0.717, 1.165) is 5.69 Å². The molecule has 28 heavy (non-hydrogen) atoms. The van der Waals surface area contributed by atoms with Gasteiger partial charge >= 0.3 is 5.97 Å². The van der Waals surface area contributed by atoms with E-state index in [9.17, 15) is 9.59 Å². The van der Waals surface area contributed by atoms with Crippen LogP contribution in [0.2, 0.25) is 0 Å². The number of rotatable bonds is 7. The van der Waals surface area contributed by atoms with E-state index in [1.807, 2.05) is 30.3 Å². The first-order chi connectivity index (χ1) is 13.5. The Morgan fingerprint density at radius 3 is 2.54 bits per heavy atom. The van der Waals surface area contributed by atoms with Gasteiger partial charge in [0.15, 0.2) is 0 Å². The third-order valence-electron chi connectivity index (χ3n) is 4.59. The summed E-state index contributed by atoms with van der Waals surface area (Å²) in [4.78, 5) is 26.3. The summed E-state index contributed by atoms with van der Waals surface area (Å²) in [6.45, 7) is 1.80. The molecule has 0 saturated heterocycles. The monoisotopic (exact) mass is 383 g/mol. The lowest BCUT2D eigenvalue weighted by atomic mass is 9.93. The number of methoxy groups -OCH3 is 1. The van der Waals surface area contributed by atoms with Crippen LogP contribution in [0.4, 0.5) is 5.69 Å². The number of para-hydroxylation sites is 1. The molecule has 2 heterocycles. The lowest BCUT2D eigenvalue weighted by Gasteiger charge is -2.20. The van der Waals surface area contributed by atoms with Gasteiger partial charge in [-0.05, 0) is 19.1 Å². The molecule has 0 bridgehead atoms. The first kappa shape index (κ1) is 19.3. The molecule has 1 atom stereocenters. The standard InChI is InChI=1S/C20H21N3O5/c1-13-19(22-28-20(13)16-9-10-21-27-16)14(12-18(25)26-3)11-17(24)23(2)15-7-5-4-6-8-15/h4-10,14H,11-12H2,1-3H3/t14-/m1/s1. The zero-order valence-corrected chi connectivity index (χ0v) is 15.9. The van der Waals surface area contributed by atoms with E-state index in [1.165, 1.54) is 13.3 Å². The maximum Gasteiger partial charge on any atom is 0.306 e. The molecule has 0 unspecified atom stereocenters. The van der Waals surface area contributed by atoms with Crippen molar-refractivity contribution in [3.8, 4) is 11.5 Å². The summed E-state index contributed by atoms with van der Waals surface area (Å²) in [5.74, 6) is -0.217. The van der Waals surface area contributed by atoms with Crippen LogP contribution in [0.15, 0.2) is 51.6 Å². The molecule has 0 aliphatic carbocycles. The van der Waals surface area contributed by atoms with E-state index in [2.05, 4.69) is 10.3 Å². The number of esters is 1. The Morgan fingerprint density at radius 1 is 1.14 bits per heavy atom. The van der Waals surface area contributed by atoms with E-state index < -0.39 is 11.9 Å². The van der Waals surface area contributed by atoms with Crippen LogP contribution in [0, 0.1) is 6.92 Å². The highest BCUT2D eigenvalue weighted by Gasteiger charge is 2.29. The maximum absolute atomic E-state index is 12.8. The van der Waals surface area contributed by atoms with Gasteiger partial charge in [-0.25, -0.2) is 0 Å². The zero-order chi connectivity index (χ0) is 20.1. The Balaban J connectivity index is 1.85. The summed E-state index contributed by atoms with van der Waals surface area (Å²) < 4.78 is 15.3. The predicted molar refractivity (Wildman–Crippen MR) is 101 cm³/mol. The van der Waals surface area contributed by atoms with E-state index in [-0.39, 0.29) is 18.7 Å². The number of benzene rings is 1. The Hall–Kier alpha value is -3.42. The predicted octanol–water partition coefficient (Wildman–Crippen LogP) is 3.34. The third kappa shape index (κ3) is 4.11. The molecular formula is C20H21N3O5. The van der Waals surface area contributed by atoms with Crippen LogP contribution in [0.1, 0.15) is 30.0 Å². The first-order valence-electron chi connectivity index (χ1n) is 8.77. The molecule has 1 amide bonds. The SMILES string of the molecule is COC(=O)C[C@@H](CC(=O)N(C)c1ccccc1)c1noc(-c2ccno2)c1C. The minimum atomic E-state index is -0.494. The van der Waals surface area contributed by atoms with Gasteiger partial charge in [-0.15, -0.1) is 0 Å². The van der Waals surface area contributed by atoms with E-state index >= 15 is 0 Å². The van der Waals surface area contributed by atoms with Gasteiger partial charge in [0.2, 0.25) is 17.4 Å². The van der Waals surface area contributed by atoms with Crippen molar-refractivity contribution in [2.75, 3.05) is 19.1 Å². The van der Waals surface area contributed by atoms with Gasteiger partial charge in [-0.3, -0.25) is 9.59 Å². The van der Waals surface area contributed by atoms with Crippen LogP contribution in [-0.4, -0.2) is 36.3 Å². The number of carbonyl (C=O) groups is 2. The molecule has 0 radical (unpaired) electrons. The molecule has 0 saturated carbocycles. The van der Waals surface area contributed by atoms with Gasteiger partial charge < -0.3 is 18.7 Å². The number of carbonyl (C=O) groups excluding carboxylic acids is 2. The van der Waals surface area contributed by atoms with Gasteiger partial charge in [0.25, 0.3) is 0 Å². The fourth-order valence-corrected chi connectivity index (χ4v) is 2.98. The average molecular weight is 383 g/mol. The van der Waals surface area contributed by atoms with Gasteiger partial charge in [-0.2, -0.15) is 0 Å². The summed E-state index contributed by atoms with van der Waals surface area (Å²) in [7, 11) is 3.01. The number of amides is 1. The molecule has 0 fully saturated rings. The zero-order valence-electron chi connectivity index (χ0n) is 15.9. The van der Waals surface area contributed by atoms with Crippen molar-refractivity contribution in [2.45, 2.75) is 25.7 Å². The van der Waals surface area contributed by atoms with Crippen molar-refractivity contribution in [1.29, 1.82) is 0 Å². The molecule has 8 heteroatoms.